The van der Waals surface area contributed by atoms with E-state index in [0.717, 1.165) is 25.2 Å². The summed E-state index contributed by atoms with van der Waals surface area (Å²) in [5.74, 6) is -0.168. The third kappa shape index (κ3) is 2.85. The van der Waals surface area contributed by atoms with Gasteiger partial charge >= 0.3 is 0 Å². The Morgan fingerprint density at radius 1 is 1.35 bits per heavy atom. The van der Waals surface area contributed by atoms with Gasteiger partial charge in [0.1, 0.15) is 10.8 Å². The largest absolute Gasteiger partial charge is 0.389 e. The Labute approximate surface area is 124 Å². The van der Waals surface area contributed by atoms with Gasteiger partial charge in [0.2, 0.25) is 0 Å². The van der Waals surface area contributed by atoms with E-state index >= 15 is 0 Å². The molecule has 2 heterocycles. The minimum Gasteiger partial charge on any atom is -0.389 e. The van der Waals surface area contributed by atoms with E-state index in [-0.39, 0.29) is 5.82 Å². The van der Waals surface area contributed by atoms with Crippen LogP contribution in [-0.4, -0.2) is 47.0 Å². The summed E-state index contributed by atoms with van der Waals surface area (Å²) in [7, 11) is 0. The predicted octanol–water partition coefficient (Wildman–Crippen LogP) is 1.74. The minimum absolute atomic E-state index is 0.168. The summed E-state index contributed by atoms with van der Waals surface area (Å²) in [6.07, 6.45) is 2.57. The van der Waals surface area contributed by atoms with Crippen LogP contribution >= 0.6 is 12.2 Å². The molecule has 0 aliphatic carbocycles. The highest BCUT2D eigenvalue weighted by Gasteiger charge is 2.30. The number of benzene rings is 1. The summed E-state index contributed by atoms with van der Waals surface area (Å²) < 4.78 is 13.9. The van der Waals surface area contributed by atoms with Crippen molar-refractivity contribution < 1.29 is 4.39 Å². The van der Waals surface area contributed by atoms with E-state index in [2.05, 4.69) is 9.80 Å². The van der Waals surface area contributed by atoms with Crippen LogP contribution in [0, 0.1) is 5.82 Å². The third-order valence-electron chi connectivity index (χ3n) is 4.40. The molecular weight excluding hydrogens is 273 g/mol. The Morgan fingerprint density at radius 2 is 2.20 bits per heavy atom. The standard InChI is InChI=1S/C15H20FN3S/c16-14-4-3-11(15(17)20)8-12(14)9-18-6-7-19-5-1-2-13(19)10-18/h3-4,8,13H,1-2,5-7,9-10H2,(H2,17,20). The molecule has 108 valence electrons. The van der Waals surface area contributed by atoms with Gasteiger partial charge in [-0.15, -0.1) is 0 Å². The molecule has 0 aromatic heterocycles. The van der Waals surface area contributed by atoms with E-state index < -0.39 is 0 Å². The lowest BCUT2D eigenvalue weighted by molar-refractivity contribution is 0.0985. The second-order valence-electron chi connectivity index (χ2n) is 5.74. The van der Waals surface area contributed by atoms with Gasteiger partial charge in [0, 0.05) is 43.3 Å². The van der Waals surface area contributed by atoms with Crippen molar-refractivity contribution in [2.75, 3.05) is 26.2 Å². The minimum atomic E-state index is -0.168. The molecule has 2 aliphatic heterocycles. The van der Waals surface area contributed by atoms with Crippen molar-refractivity contribution in [2.24, 2.45) is 5.73 Å². The van der Waals surface area contributed by atoms with E-state index in [9.17, 15) is 4.39 Å². The molecule has 1 atom stereocenters. The van der Waals surface area contributed by atoms with Gasteiger partial charge in [-0.2, -0.15) is 0 Å². The number of thiocarbonyl (C=S) groups is 1. The monoisotopic (exact) mass is 293 g/mol. The van der Waals surface area contributed by atoms with Gasteiger partial charge in [-0.3, -0.25) is 9.80 Å². The number of rotatable bonds is 3. The van der Waals surface area contributed by atoms with Crippen LogP contribution < -0.4 is 5.73 Å². The first kappa shape index (κ1) is 13.9. The normalized spacial score (nSPS) is 23.8. The Balaban J connectivity index is 1.71. The smallest absolute Gasteiger partial charge is 0.127 e. The van der Waals surface area contributed by atoms with Crippen molar-refractivity contribution in [2.45, 2.75) is 25.4 Å². The van der Waals surface area contributed by atoms with Gasteiger partial charge in [-0.1, -0.05) is 12.2 Å². The first-order valence-corrected chi connectivity index (χ1v) is 7.59. The lowest BCUT2D eigenvalue weighted by Crippen LogP contribution is -2.49. The van der Waals surface area contributed by atoms with Crippen LogP contribution in [0.25, 0.3) is 0 Å². The highest BCUT2D eigenvalue weighted by molar-refractivity contribution is 7.80. The molecule has 1 unspecified atom stereocenters. The molecule has 0 bridgehead atoms. The SMILES string of the molecule is NC(=S)c1ccc(F)c(CN2CCN3CCCC3C2)c1. The van der Waals surface area contributed by atoms with Crippen LogP contribution in [0.2, 0.25) is 0 Å². The van der Waals surface area contributed by atoms with Gasteiger partial charge in [-0.25, -0.2) is 4.39 Å². The van der Waals surface area contributed by atoms with Gasteiger partial charge in [0.15, 0.2) is 0 Å². The molecule has 1 aromatic rings. The maximum absolute atomic E-state index is 13.9. The summed E-state index contributed by atoms with van der Waals surface area (Å²) in [4.78, 5) is 5.22. The Hall–Kier alpha value is -1.04. The molecule has 5 heteroatoms. The second kappa shape index (κ2) is 5.76. The first-order valence-electron chi connectivity index (χ1n) is 7.18. The topological polar surface area (TPSA) is 32.5 Å². The molecule has 3 nitrogen and oxygen atoms in total. The molecule has 0 radical (unpaired) electrons. The molecule has 2 fully saturated rings. The predicted molar refractivity (Wildman–Crippen MR) is 82.2 cm³/mol. The van der Waals surface area contributed by atoms with Crippen LogP contribution in [0.1, 0.15) is 24.0 Å². The zero-order valence-corrected chi connectivity index (χ0v) is 12.3. The molecule has 3 rings (SSSR count). The summed E-state index contributed by atoms with van der Waals surface area (Å²) in [5.41, 5.74) is 7.07. The zero-order chi connectivity index (χ0) is 14.1. The van der Waals surface area contributed by atoms with Gasteiger partial charge in [-0.05, 0) is 37.6 Å². The van der Waals surface area contributed by atoms with Crippen molar-refractivity contribution in [3.8, 4) is 0 Å². The van der Waals surface area contributed by atoms with E-state index in [4.69, 9.17) is 18.0 Å². The molecule has 2 N–H and O–H groups in total. The van der Waals surface area contributed by atoms with Gasteiger partial charge in [0.05, 0.1) is 0 Å². The Morgan fingerprint density at radius 3 is 3.00 bits per heavy atom. The fourth-order valence-corrected chi connectivity index (χ4v) is 3.42. The van der Waals surface area contributed by atoms with Crippen LogP contribution in [0.5, 0.6) is 0 Å². The van der Waals surface area contributed by atoms with Crippen molar-refractivity contribution in [3.05, 3.63) is 35.1 Å². The fourth-order valence-electron chi connectivity index (χ4n) is 3.29. The Bertz CT molecular complexity index is 520. The molecule has 0 spiro atoms. The van der Waals surface area contributed by atoms with Gasteiger partial charge < -0.3 is 5.73 Å². The summed E-state index contributed by atoms with van der Waals surface area (Å²) >= 11 is 4.97. The molecule has 1 aromatic carbocycles. The number of hydrogen-bond acceptors (Lipinski definition) is 3. The van der Waals surface area contributed by atoms with Crippen molar-refractivity contribution in [1.82, 2.24) is 9.80 Å². The summed E-state index contributed by atoms with van der Waals surface area (Å²) in [6, 6.07) is 5.57. The number of piperazine rings is 1. The summed E-state index contributed by atoms with van der Waals surface area (Å²) in [5, 5.41) is 0. The Kier molecular flexibility index (Phi) is 4.01. The zero-order valence-electron chi connectivity index (χ0n) is 11.5. The average Bonchev–Trinajstić information content (AvgIpc) is 2.88. The van der Waals surface area contributed by atoms with Gasteiger partial charge in [0.25, 0.3) is 0 Å². The quantitative estimate of drug-likeness (QED) is 0.861. The molecule has 2 aliphatic rings. The van der Waals surface area contributed by atoms with E-state index in [0.29, 0.717) is 23.1 Å². The maximum atomic E-state index is 13.9. The number of fused-ring (bicyclic) bond motifs is 1. The average molecular weight is 293 g/mol. The molecular formula is C15H20FN3S. The second-order valence-corrected chi connectivity index (χ2v) is 6.18. The van der Waals surface area contributed by atoms with E-state index in [1.54, 1.807) is 12.1 Å². The van der Waals surface area contributed by atoms with Crippen molar-refractivity contribution in [1.29, 1.82) is 0 Å². The van der Waals surface area contributed by atoms with E-state index in [1.807, 2.05) is 0 Å². The third-order valence-corrected chi connectivity index (χ3v) is 4.63. The number of nitrogens with two attached hydrogens (primary N) is 1. The first-order chi connectivity index (χ1) is 9.63. The van der Waals surface area contributed by atoms with Crippen LogP contribution in [0.4, 0.5) is 4.39 Å². The van der Waals surface area contributed by atoms with Crippen molar-refractivity contribution in [3.63, 3.8) is 0 Å². The maximum Gasteiger partial charge on any atom is 0.127 e. The van der Waals surface area contributed by atoms with Crippen molar-refractivity contribution >= 4 is 17.2 Å². The van der Waals surface area contributed by atoms with Crippen LogP contribution in [0.3, 0.4) is 0 Å². The molecule has 2 saturated heterocycles. The lowest BCUT2D eigenvalue weighted by atomic mass is 10.1. The molecule has 0 saturated carbocycles. The van der Waals surface area contributed by atoms with E-state index in [1.165, 1.54) is 25.5 Å². The van der Waals surface area contributed by atoms with Crippen LogP contribution in [0.15, 0.2) is 18.2 Å². The lowest BCUT2D eigenvalue weighted by Gasteiger charge is -2.37. The highest BCUT2D eigenvalue weighted by Crippen LogP contribution is 2.23. The number of nitrogens with zero attached hydrogens (tertiary/aromatic N) is 2. The number of hydrogen-bond donors (Lipinski definition) is 1. The fraction of sp³-hybridized carbons (Fsp3) is 0.533. The van der Waals surface area contributed by atoms with Crippen LogP contribution in [-0.2, 0) is 6.54 Å². The highest BCUT2D eigenvalue weighted by atomic mass is 32.1. The number of halogens is 1. The molecule has 0 amide bonds. The molecule has 20 heavy (non-hydrogen) atoms. The summed E-state index contributed by atoms with van der Waals surface area (Å²) in [6.45, 7) is 5.02.